The third-order valence-electron chi connectivity index (χ3n) is 5.61. The first-order chi connectivity index (χ1) is 12.9. The molecule has 0 aliphatic heterocycles. The van der Waals surface area contributed by atoms with E-state index < -0.39 is 0 Å². The summed E-state index contributed by atoms with van der Waals surface area (Å²) in [6.45, 7) is 5.87. The number of hydrogen-bond acceptors (Lipinski definition) is 4. The molecule has 3 rings (SSSR count). The number of amides is 1. The lowest BCUT2D eigenvalue weighted by molar-refractivity contribution is -0.129. The Morgan fingerprint density at radius 1 is 1.30 bits per heavy atom. The van der Waals surface area contributed by atoms with Crippen LogP contribution < -0.4 is 0 Å². The van der Waals surface area contributed by atoms with Gasteiger partial charge in [0, 0.05) is 12.7 Å². The highest BCUT2D eigenvalue weighted by Gasteiger charge is 2.26. The largest absolute Gasteiger partial charge is 0.338 e. The van der Waals surface area contributed by atoms with E-state index in [0.29, 0.717) is 16.3 Å². The highest BCUT2D eigenvalue weighted by Crippen LogP contribution is 2.34. The van der Waals surface area contributed by atoms with E-state index in [4.69, 9.17) is 0 Å². The highest BCUT2D eigenvalue weighted by atomic mass is 32.2. The van der Waals surface area contributed by atoms with Gasteiger partial charge in [-0.25, -0.2) is 4.98 Å². The van der Waals surface area contributed by atoms with Gasteiger partial charge in [-0.1, -0.05) is 36.0 Å². The van der Waals surface area contributed by atoms with Crippen LogP contribution in [0.4, 0.5) is 0 Å². The minimum absolute atomic E-state index is 0.0725. The molecule has 5 heteroatoms. The highest BCUT2D eigenvalue weighted by molar-refractivity contribution is 8.00. The number of carbonyl (C=O) groups is 1. The maximum absolute atomic E-state index is 12.9. The molecule has 0 saturated carbocycles. The fraction of sp³-hybridized carbons (Fsp3) is 0.409. The number of nitriles is 1. The van der Waals surface area contributed by atoms with Crippen LogP contribution in [0.25, 0.3) is 0 Å². The summed E-state index contributed by atoms with van der Waals surface area (Å²) >= 11 is 1.37. The standard InChI is InChI=1S/C22H25N3OS/c1-14-15(2)19(12-23)22(24-16(14)3)27-13-21(26)25(4)20-11-7-9-17-8-5-6-10-18(17)20/h5-6,8,10,20H,7,9,11,13H2,1-4H3. The lowest BCUT2D eigenvalue weighted by atomic mass is 9.87. The van der Waals surface area contributed by atoms with Gasteiger partial charge in [0.05, 0.1) is 17.4 Å². The van der Waals surface area contributed by atoms with Gasteiger partial charge in [0.2, 0.25) is 5.91 Å². The molecule has 1 amide bonds. The van der Waals surface area contributed by atoms with Crippen LogP contribution in [-0.4, -0.2) is 28.6 Å². The third kappa shape index (κ3) is 3.86. The molecule has 4 nitrogen and oxygen atoms in total. The number of carbonyl (C=O) groups excluding carboxylic acids is 1. The fourth-order valence-corrected chi connectivity index (χ4v) is 4.69. The Bertz CT molecular complexity index is 917. The second-order valence-corrected chi connectivity index (χ2v) is 8.10. The topological polar surface area (TPSA) is 57.0 Å². The van der Waals surface area contributed by atoms with Crippen LogP contribution in [0.2, 0.25) is 0 Å². The van der Waals surface area contributed by atoms with Crippen LogP contribution in [0.5, 0.6) is 0 Å². The average molecular weight is 380 g/mol. The molecule has 1 aromatic carbocycles. The van der Waals surface area contributed by atoms with Crippen LogP contribution in [0.3, 0.4) is 0 Å². The number of fused-ring (bicyclic) bond motifs is 1. The molecule has 0 saturated heterocycles. The molecule has 1 atom stereocenters. The average Bonchev–Trinajstić information content (AvgIpc) is 2.69. The van der Waals surface area contributed by atoms with Gasteiger partial charge in [-0.2, -0.15) is 5.26 Å². The Labute approximate surface area is 165 Å². The quantitative estimate of drug-likeness (QED) is 0.734. The smallest absolute Gasteiger partial charge is 0.233 e. The van der Waals surface area contributed by atoms with Crippen molar-refractivity contribution in [3.05, 3.63) is 57.8 Å². The van der Waals surface area contributed by atoms with Gasteiger partial charge in [0.1, 0.15) is 11.1 Å². The Morgan fingerprint density at radius 2 is 2.04 bits per heavy atom. The first-order valence-corrected chi connectivity index (χ1v) is 10.3. The van der Waals surface area contributed by atoms with Gasteiger partial charge >= 0.3 is 0 Å². The SMILES string of the molecule is Cc1nc(SCC(=O)N(C)C2CCCc3ccccc32)c(C#N)c(C)c1C. The van der Waals surface area contributed by atoms with Gasteiger partial charge in [0.15, 0.2) is 0 Å². The molecule has 0 bridgehead atoms. The molecule has 140 valence electrons. The first kappa shape index (κ1) is 19.4. The third-order valence-corrected chi connectivity index (χ3v) is 6.57. The molecule has 2 aromatic rings. The molecule has 0 fully saturated rings. The second-order valence-electron chi connectivity index (χ2n) is 7.14. The lowest BCUT2D eigenvalue weighted by Gasteiger charge is -2.33. The van der Waals surface area contributed by atoms with E-state index in [9.17, 15) is 10.1 Å². The first-order valence-electron chi connectivity index (χ1n) is 9.28. The molecule has 1 aromatic heterocycles. The summed E-state index contributed by atoms with van der Waals surface area (Å²) in [6.07, 6.45) is 3.18. The van der Waals surface area contributed by atoms with Crippen molar-refractivity contribution in [1.29, 1.82) is 5.26 Å². The molecule has 1 aliphatic carbocycles. The summed E-state index contributed by atoms with van der Waals surface area (Å²) in [5.74, 6) is 0.363. The molecule has 0 N–H and O–H groups in total. The van der Waals surface area contributed by atoms with Gasteiger partial charge in [-0.3, -0.25) is 4.79 Å². The van der Waals surface area contributed by atoms with Gasteiger partial charge < -0.3 is 4.90 Å². The van der Waals surface area contributed by atoms with Gasteiger partial charge in [0.25, 0.3) is 0 Å². The van der Waals surface area contributed by atoms with E-state index in [2.05, 4.69) is 29.3 Å². The van der Waals surface area contributed by atoms with Crippen LogP contribution in [0.15, 0.2) is 29.3 Å². The van der Waals surface area contributed by atoms with Crippen molar-refractivity contribution in [3.8, 4) is 6.07 Å². The molecule has 0 spiro atoms. The van der Waals surface area contributed by atoms with Crippen molar-refractivity contribution in [2.45, 2.75) is 51.1 Å². The summed E-state index contributed by atoms with van der Waals surface area (Å²) in [6, 6.07) is 10.8. The van der Waals surface area contributed by atoms with E-state index >= 15 is 0 Å². The number of pyridine rings is 1. The molecule has 0 radical (unpaired) electrons. The lowest BCUT2D eigenvalue weighted by Crippen LogP contribution is -2.34. The Balaban J connectivity index is 1.75. The zero-order valence-corrected chi connectivity index (χ0v) is 17.2. The zero-order valence-electron chi connectivity index (χ0n) is 16.4. The summed E-state index contributed by atoms with van der Waals surface area (Å²) in [5.41, 5.74) is 6.10. The molecular formula is C22H25N3OS. The normalized spacial score (nSPS) is 15.7. The fourth-order valence-electron chi connectivity index (χ4n) is 3.68. The van der Waals surface area contributed by atoms with Crippen molar-refractivity contribution >= 4 is 17.7 Å². The summed E-state index contributed by atoms with van der Waals surface area (Å²) < 4.78 is 0. The van der Waals surface area contributed by atoms with E-state index in [0.717, 1.165) is 36.1 Å². The van der Waals surface area contributed by atoms with Crippen molar-refractivity contribution in [3.63, 3.8) is 0 Å². The summed E-state index contributed by atoms with van der Waals surface area (Å²) in [5, 5.41) is 10.2. The van der Waals surface area contributed by atoms with Crippen molar-refractivity contribution in [2.24, 2.45) is 0 Å². The number of thioether (sulfide) groups is 1. The van der Waals surface area contributed by atoms with E-state index in [1.807, 2.05) is 38.8 Å². The Morgan fingerprint density at radius 3 is 2.78 bits per heavy atom. The van der Waals surface area contributed by atoms with Crippen molar-refractivity contribution < 1.29 is 4.79 Å². The number of nitrogens with zero attached hydrogens (tertiary/aromatic N) is 3. The van der Waals surface area contributed by atoms with Gasteiger partial charge in [-0.05, 0) is 62.3 Å². The molecular weight excluding hydrogens is 354 g/mol. The molecule has 1 aliphatic rings. The monoisotopic (exact) mass is 379 g/mol. The zero-order chi connectivity index (χ0) is 19.6. The van der Waals surface area contributed by atoms with E-state index in [1.54, 1.807) is 0 Å². The van der Waals surface area contributed by atoms with Crippen LogP contribution >= 0.6 is 11.8 Å². The predicted octanol–water partition coefficient (Wildman–Crippen LogP) is 4.51. The van der Waals surface area contributed by atoms with Crippen LogP contribution in [-0.2, 0) is 11.2 Å². The summed E-state index contributed by atoms with van der Waals surface area (Å²) in [4.78, 5) is 19.3. The Kier molecular flexibility index (Phi) is 5.86. The Hall–Kier alpha value is -2.32. The number of benzene rings is 1. The van der Waals surface area contributed by atoms with E-state index in [-0.39, 0.29) is 11.9 Å². The minimum atomic E-state index is 0.0725. The number of aryl methyl sites for hydroxylation is 2. The molecule has 27 heavy (non-hydrogen) atoms. The van der Waals surface area contributed by atoms with Gasteiger partial charge in [-0.15, -0.1) is 0 Å². The summed E-state index contributed by atoms with van der Waals surface area (Å²) in [7, 11) is 1.89. The maximum atomic E-state index is 12.9. The maximum Gasteiger partial charge on any atom is 0.233 e. The van der Waals surface area contributed by atoms with Crippen molar-refractivity contribution in [1.82, 2.24) is 9.88 Å². The number of aromatic nitrogens is 1. The minimum Gasteiger partial charge on any atom is -0.338 e. The number of rotatable bonds is 4. The van der Waals surface area contributed by atoms with Crippen LogP contribution in [0.1, 0.15) is 52.4 Å². The van der Waals surface area contributed by atoms with E-state index in [1.165, 1.54) is 22.9 Å². The van der Waals surface area contributed by atoms with Crippen LogP contribution in [0, 0.1) is 32.1 Å². The van der Waals surface area contributed by atoms with Crippen molar-refractivity contribution in [2.75, 3.05) is 12.8 Å². The molecule has 1 heterocycles. The molecule has 1 unspecified atom stereocenters. The predicted molar refractivity (Wildman–Crippen MR) is 109 cm³/mol. The second kappa shape index (κ2) is 8.14. The number of hydrogen-bond donors (Lipinski definition) is 0.